The van der Waals surface area contributed by atoms with E-state index in [-0.39, 0.29) is 22.5 Å². The maximum Gasteiger partial charge on any atom is 0.271 e. The molecule has 0 radical (unpaired) electrons. The second kappa shape index (κ2) is 6.88. The molecule has 4 aromatic rings. The number of rotatable bonds is 4. The summed E-state index contributed by atoms with van der Waals surface area (Å²) in [7, 11) is 0. The van der Waals surface area contributed by atoms with E-state index in [0.29, 0.717) is 22.4 Å². The smallest absolute Gasteiger partial charge is 0.271 e. The van der Waals surface area contributed by atoms with Gasteiger partial charge in [0.1, 0.15) is 17.2 Å². The van der Waals surface area contributed by atoms with E-state index < -0.39 is 10.5 Å². The van der Waals surface area contributed by atoms with Gasteiger partial charge in [0.25, 0.3) is 11.2 Å². The number of nitrogens with zero attached hydrogens (tertiary/aromatic N) is 1. The van der Waals surface area contributed by atoms with Gasteiger partial charge in [-0.3, -0.25) is 14.9 Å². The molecule has 0 aliphatic heterocycles. The molecule has 0 fully saturated rings. The summed E-state index contributed by atoms with van der Waals surface area (Å²) < 4.78 is 5.78. The van der Waals surface area contributed by atoms with Crippen molar-refractivity contribution in [2.24, 2.45) is 0 Å². The van der Waals surface area contributed by atoms with Crippen molar-refractivity contribution < 1.29 is 14.8 Å². The van der Waals surface area contributed by atoms with Gasteiger partial charge < -0.3 is 14.8 Å². The monoisotopic (exact) mass is 374 g/mol. The lowest BCUT2D eigenvalue weighted by atomic mass is 10.0. The van der Waals surface area contributed by atoms with Crippen molar-refractivity contribution in [3.05, 3.63) is 93.3 Å². The lowest BCUT2D eigenvalue weighted by Crippen LogP contribution is -2.09. The fraction of sp³-hybridized carbons (Fsp3) is 0. The minimum atomic E-state index is -0.562. The summed E-state index contributed by atoms with van der Waals surface area (Å²) in [6.07, 6.45) is 0. The zero-order valence-corrected chi connectivity index (χ0v) is 14.5. The van der Waals surface area contributed by atoms with Gasteiger partial charge in [-0.2, -0.15) is 0 Å². The number of hydrogen-bond acceptors (Lipinski definition) is 5. The highest BCUT2D eigenvalue weighted by molar-refractivity contribution is 5.92. The van der Waals surface area contributed by atoms with Crippen LogP contribution in [0, 0.1) is 10.1 Å². The molecule has 0 aliphatic rings. The van der Waals surface area contributed by atoms with Crippen LogP contribution in [-0.4, -0.2) is 15.0 Å². The van der Waals surface area contributed by atoms with Crippen LogP contribution in [-0.2, 0) is 0 Å². The van der Waals surface area contributed by atoms with Crippen LogP contribution >= 0.6 is 0 Å². The molecule has 7 nitrogen and oxygen atoms in total. The van der Waals surface area contributed by atoms with Crippen molar-refractivity contribution in [1.29, 1.82) is 0 Å². The number of aromatic nitrogens is 1. The molecule has 1 aromatic heterocycles. The normalized spacial score (nSPS) is 10.7. The molecular weight excluding hydrogens is 360 g/mol. The summed E-state index contributed by atoms with van der Waals surface area (Å²) in [6.45, 7) is 0. The van der Waals surface area contributed by atoms with Crippen LogP contribution in [0.5, 0.6) is 17.2 Å². The highest BCUT2D eigenvalue weighted by Crippen LogP contribution is 2.35. The molecule has 4 rings (SSSR count). The first kappa shape index (κ1) is 17.3. The largest absolute Gasteiger partial charge is 0.506 e. The number of pyridine rings is 1. The van der Waals surface area contributed by atoms with Crippen molar-refractivity contribution >= 4 is 16.6 Å². The highest BCUT2D eigenvalue weighted by Gasteiger charge is 2.17. The number of nitrogens with one attached hydrogen (secondary N) is 1. The number of para-hydroxylation sites is 1. The van der Waals surface area contributed by atoms with Crippen molar-refractivity contribution in [1.82, 2.24) is 4.98 Å². The fourth-order valence-electron chi connectivity index (χ4n) is 2.99. The van der Waals surface area contributed by atoms with Crippen LogP contribution in [0.1, 0.15) is 0 Å². The van der Waals surface area contributed by atoms with Crippen LogP contribution in [0.15, 0.2) is 77.6 Å². The summed E-state index contributed by atoms with van der Waals surface area (Å²) in [5, 5.41) is 21.9. The van der Waals surface area contributed by atoms with Crippen LogP contribution in [0.25, 0.3) is 22.0 Å². The van der Waals surface area contributed by atoms with Gasteiger partial charge in [0.05, 0.1) is 16.0 Å². The minimum absolute atomic E-state index is 0.0693. The molecule has 0 amide bonds. The number of aromatic hydroxyl groups is 1. The molecule has 0 spiro atoms. The molecule has 7 heteroatoms. The summed E-state index contributed by atoms with van der Waals surface area (Å²) in [5.74, 6) is 0.903. The number of benzene rings is 3. The third kappa shape index (κ3) is 3.16. The van der Waals surface area contributed by atoms with E-state index >= 15 is 0 Å². The van der Waals surface area contributed by atoms with Gasteiger partial charge in [0.15, 0.2) is 0 Å². The van der Waals surface area contributed by atoms with Crippen LogP contribution in [0.3, 0.4) is 0 Å². The molecule has 1 heterocycles. The minimum Gasteiger partial charge on any atom is -0.506 e. The number of fused-ring (bicyclic) bond motifs is 1. The lowest BCUT2D eigenvalue weighted by molar-refractivity contribution is -0.384. The Labute approximate surface area is 158 Å². The van der Waals surface area contributed by atoms with Crippen LogP contribution in [0.2, 0.25) is 0 Å². The van der Waals surface area contributed by atoms with Gasteiger partial charge in [-0.1, -0.05) is 30.3 Å². The van der Waals surface area contributed by atoms with Gasteiger partial charge in [-0.25, -0.2) is 0 Å². The lowest BCUT2D eigenvalue weighted by Gasteiger charge is -2.10. The van der Waals surface area contributed by atoms with E-state index in [1.54, 1.807) is 36.4 Å². The summed E-state index contributed by atoms with van der Waals surface area (Å²) in [6, 6.07) is 19.9. The van der Waals surface area contributed by atoms with Crippen molar-refractivity contribution in [3.63, 3.8) is 0 Å². The van der Waals surface area contributed by atoms with E-state index in [1.165, 1.54) is 18.2 Å². The van der Waals surface area contributed by atoms with Gasteiger partial charge in [-0.15, -0.1) is 0 Å². The van der Waals surface area contributed by atoms with Gasteiger partial charge >= 0.3 is 0 Å². The van der Waals surface area contributed by atoms with Crippen LogP contribution < -0.4 is 10.3 Å². The Morgan fingerprint density at radius 2 is 1.68 bits per heavy atom. The second-order valence-electron chi connectivity index (χ2n) is 6.11. The van der Waals surface area contributed by atoms with Crippen LogP contribution in [0.4, 0.5) is 5.69 Å². The average Bonchev–Trinajstić information content (AvgIpc) is 2.68. The van der Waals surface area contributed by atoms with Gasteiger partial charge in [0, 0.05) is 17.5 Å². The maximum absolute atomic E-state index is 12.6. The maximum atomic E-state index is 12.6. The van der Waals surface area contributed by atoms with E-state index in [2.05, 4.69) is 4.98 Å². The molecule has 0 aliphatic carbocycles. The molecule has 0 unspecified atom stereocenters. The Kier molecular flexibility index (Phi) is 4.25. The molecule has 0 atom stereocenters. The highest BCUT2D eigenvalue weighted by atomic mass is 16.6. The number of H-pyrrole nitrogens is 1. The Balaban J connectivity index is 1.81. The number of nitro benzene ring substituents is 1. The molecule has 138 valence electrons. The number of ether oxygens (including phenoxy) is 1. The summed E-state index contributed by atoms with van der Waals surface area (Å²) >= 11 is 0. The first-order valence-corrected chi connectivity index (χ1v) is 8.39. The quantitative estimate of drug-likeness (QED) is 0.401. The SMILES string of the molecule is O=c1[nH]c2cc([N+](=O)[O-])ccc2c(O)c1-c1cccc(Oc2ccccc2)c1. The zero-order chi connectivity index (χ0) is 19.7. The summed E-state index contributed by atoms with van der Waals surface area (Å²) in [4.78, 5) is 25.5. The predicted molar refractivity (Wildman–Crippen MR) is 105 cm³/mol. The average molecular weight is 374 g/mol. The zero-order valence-electron chi connectivity index (χ0n) is 14.5. The molecule has 0 saturated carbocycles. The second-order valence-corrected chi connectivity index (χ2v) is 6.11. The first-order valence-electron chi connectivity index (χ1n) is 8.39. The molecule has 3 aromatic carbocycles. The van der Waals surface area contributed by atoms with E-state index in [4.69, 9.17) is 4.74 Å². The van der Waals surface area contributed by atoms with Crippen molar-refractivity contribution in [3.8, 4) is 28.4 Å². The number of nitro groups is 1. The van der Waals surface area contributed by atoms with Crippen molar-refractivity contribution in [2.75, 3.05) is 0 Å². The Bertz CT molecular complexity index is 1250. The number of hydrogen-bond donors (Lipinski definition) is 2. The topological polar surface area (TPSA) is 105 Å². The standard InChI is InChI=1S/C21H14N2O5/c24-20-17-10-9-14(23(26)27)12-18(17)22-21(25)19(20)13-5-4-8-16(11-13)28-15-6-2-1-3-7-15/h1-12H,(H2,22,24,25). The third-order valence-electron chi connectivity index (χ3n) is 4.28. The first-order chi connectivity index (χ1) is 13.5. The van der Waals surface area contributed by atoms with Crippen molar-refractivity contribution in [2.45, 2.75) is 0 Å². The number of non-ortho nitro benzene ring substituents is 1. The fourth-order valence-corrected chi connectivity index (χ4v) is 2.99. The Hall–Kier alpha value is -4.13. The molecule has 0 bridgehead atoms. The molecule has 2 N–H and O–H groups in total. The molecule has 0 saturated heterocycles. The van der Waals surface area contributed by atoms with E-state index in [1.807, 2.05) is 18.2 Å². The van der Waals surface area contributed by atoms with Gasteiger partial charge in [-0.05, 0) is 35.9 Å². The van der Waals surface area contributed by atoms with E-state index in [9.17, 15) is 20.0 Å². The predicted octanol–water partition coefficient (Wildman–Crippen LogP) is 4.60. The van der Waals surface area contributed by atoms with Gasteiger partial charge in [0.2, 0.25) is 0 Å². The third-order valence-corrected chi connectivity index (χ3v) is 4.28. The number of aromatic amines is 1. The Morgan fingerprint density at radius 1 is 0.929 bits per heavy atom. The molecule has 28 heavy (non-hydrogen) atoms. The molecular formula is C21H14N2O5. The van der Waals surface area contributed by atoms with E-state index in [0.717, 1.165) is 0 Å². The summed E-state index contributed by atoms with van der Waals surface area (Å²) in [5.41, 5.74) is 0.000330. The Morgan fingerprint density at radius 3 is 2.43 bits per heavy atom.